The Bertz CT molecular complexity index is 1300. The molecule has 0 saturated heterocycles. The van der Waals surface area contributed by atoms with Crippen LogP contribution in [0.15, 0.2) is 66.7 Å². The van der Waals surface area contributed by atoms with Crippen molar-refractivity contribution in [2.45, 2.75) is 6.18 Å². The number of fused-ring (bicyclic) bond motifs is 2. The second kappa shape index (κ2) is 5.95. The van der Waals surface area contributed by atoms with Gasteiger partial charge in [0.2, 0.25) is 0 Å². The minimum Gasteiger partial charge on any atom is -0.337 e. The maximum absolute atomic E-state index is 12.8. The summed E-state index contributed by atoms with van der Waals surface area (Å²) in [6, 6.07) is 18.5. The topological polar surface area (TPSA) is 57.4 Å². The van der Waals surface area contributed by atoms with E-state index in [2.05, 4.69) is 20.2 Å². The molecule has 7 heteroatoms. The van der Waals surface area contributed by atoms with Gasteiger partial charge in [-0.2, -0.15) is 18.3 Å². The number of halogens is 3. The van der Waals surface area contributed by atoms with Gasteiger partial charge >= 0.3 is 6.18 Å². The van der Waals surface area contributed by atoms with Gasteiger partial charge in [0.1, 0.15) is 5.69 Å². The number of aromatic nitrogens is 4. The molecule has 0 fully saturated rings. The zero-order chi connectivity index (χ0) is 19.3. The van der Waals surface area contributed by atoms with Crippen molar-refractivity contribution < 1.29 is 13.2 Å². The maximum Gasteiger partial charge on any atom is 0.416 e. The SMILES string of the molecule is FC(F)(F)c1ccc(-c2ccc3nc(-c4[nH]nc5ccccc45)[nH]c3c2)cc1. The molecule has 3 aromatic carbocycles. The van der Waals surface area contributed by atoms with Crippen molar-refractivity contribution in [2.75, 3.05) is 0 Å². The van der Waals surface area contributed by atoms with E-state index in [0.29, 0.717) is 11.4 Å². The van der Waals surface area contributed by atoms with Crippen LogP contribution in [0.1, 0.15) is 5.56 Å². The molecule has 0 amide bonds. The molecule has 0 radical (unpaired) electrons. The molecule has 0 aliphatic carbocycles. The summed E-state index contributed by atoms with van der Waals surface area (Å²) in [4.78, 5) is 7.88. The molecule has 4 nitrogen and oxygen atoms in total. The number of para-hydroxylation sites is 1. The van der Waals surface area contributed by atoms with Crippen molar-refractivity contribution in [3.63, 3.8) is 0 Å². The van der Waals surface area contributed by atoms with Gasteiger partial charge in [-0.05, 0) is 41.5 Å². The highest BCUT2D eigenvalue weighted by molar-refractivity contribution is 5.93. The number of imidazole rings is 1. The minimum atomic E-state index is -4.34. The molecule has 2 aromatic heterocycles. The first-order valence-electron chi connectivity index (χ1n) is 8.60. The number of nitrogens with one attached hydrogen (secondary N) is 2. The van der Waals surface area contributed by atoms with Crippen LogP contribution in [0.25, 0.3) is 44.6 Å². The van der Waals surface area contributed by atoms with E-state index in [1.165, 1.54) is 12.1 Å². The van der Waals surface area contributed by atoms with E-state index in [0.717, 1.165) is 45.3 Å². The lowest BCUT2D eigenvalue weighted by Gasteiger charge is -2.07. The van der Waals surface area contributed by atoms with Gasteiger partial charge in [0.15, 0.2) is 5.82 Å². The Balaban J connectivity index is 1.55. The van der Waals surface area contributed by atoms with E-state index in [4.69, 9.17) is 0 Å². The lowest BCUT2D eigenvalue weighted by molar-refractivity contribution is -0.137. The summed E-state index contributed by atoms with van der Waals surface area (Å²) in [5, 5.41) is 8.25. The van der Waals surface area contributed by atoms with Gasteiger partial charge in [0.25, 0.3) is 0 Å². The number of alkyl halides is 3. The molecule has 2 heterocycles. The van der Waals surface area contributed by atoms with Gasteiger partial charge < -0.3 is 4.98 Å². The minimum absolute atomic E-state index is 0.660. The Morgan fingerprint density at radius 3 is 2.32 bits per heavy atom. The van der Waals surface area contributed by atoms with Crippen LogP contribution < -0.4 is 0 Å². The fourth-order valence-corrected chi connectivity index (χ4v) is 3.30. The summed E-state index contributed by atoms with van der Waals surface area (Å²) >= 11 is 0. The quantitative estimate of drug-likeness (QED) is 0.408. The average Bonchev–Trinajstić information content (AvgIpc) is 3.30. The van der Waals surface area contributed by atoms with Crippen molar-refractivity contribution in [3.05, 3.63) is 72.3 Å². The van der Waals surface area contributed by atoms with Crippen molar-refractivity contribution in [1.29, 1.82) is 0 Å². The number of nitrogens with zero attached hydrogens (tertiary/aromatic N) is 2. The molecule has 5 aromatic rings. The highest BCUT2D eigenvalue weighted by atomic mass is 19.4. The second-order valence-electron chi connectivity index (χ2n) is 6.51. The third kappa shape index (κ3) is 2.72. The Morgan fingerprint density at radius 1 is 0.786 bits per heavy atom. The normalized spacial score (nSPS) is 12.1. The van der Waals surface area contributed by atoms with E-state index in [1.54, 1.807) is 0 Å². The summed E-state index contributed by atoms with van der Waals surface area (Å²) in [6.45, 7) is 0. The number of benzene rings is 3. The summed E-state index contributed by atoms with van der Waals surface area (Å²) in [7, 11) is 0. The van der Waals surface area contributed by atoms with E-state index in [1.807, 2.05) is 42.5 Å². The third-order valence-electron chi connectivity index (χ3n) is 4.73. The standard InChI is InChI=1S/C21H13F3N4/c22-21(23,24)14-8-5-12(6-9-14)13-7-10-17-18(11-13)26-20(25-17)19-15-3-1-2-4-16(15)27-28-19/h1-11H,(H,25,26)(H,27,28). The lowest BCUT2D eigenvalue weighted by Crippen LogP contribution is -2.03. The number of hydrogen-bond acceptors (Lipinski definition) is 2. The van der Waals surface area contributed by atoms with Crippen molar-refractivity contribution in [2.24, 2.45) is 0 Å². The summed E-state index contributed by atoms with van der Waals surface area (Å²) < 4.78 is 38.3. The largest absolute Gasteiger partial charge is 0.416 e. The lowest BCUT2D eigenvalue weighted by atomic mass is 10.0. The molecule has 5 rings (SSSR count). The molecule has 0 bridgehead atoms. The number of H-pyrrole nitrogens is 2. The van der Waals surface area contributed by atoms with Crippen LogP contribution in [0.3, 0.4) is 0 Å². The van der Waals surface area contributed by atoms with Crippen LogP contribution in [0.4, 0.5) is 13.2 Å². The zero-order valence-corrected chi connectivity index (χ0v) is 14.4. The number of rotatable bonds is 2. The molecule has 138 valence electrons. The molecular formula is C21H13F3N4. The average molecular weight is 378 g/mol. The van der Waals surface area contributed by atoms with E-state index < -0.39 is 11.7 Å². The first kappa shape index (κ1) is 16.6. The van der Waals surface area contributed by atoms with Crippen LogP contribution in [0.2, 0.25) is 0 Å². The summed E-state index contributed by atoms with van der Waals surface area (Å²) in [5.74, 6) is 0.660. The smallest absolute Gasteiger partial charge is 0.337 e. The number of aromatic amines is 2. The van der Waals surface area contributed by atoms with Crippen molar-refractivity contribution in [1.82, 2.24) is 20.2 Å². The highest BCUT2D eigenvalue weighted by Gasteiger charge is 2.29. The Morgan fingerprint density at radius 2 is 1.54 bits per heavy atom. The van der Waals surface area contributed by atoms with Crippen LogP contribution in [0, 0.1) is 0 Å². The molecule has 0 unspecified atom stereocenters. The van der Waals surface area contributed by atoms with Gasteiger partial charge in [-0.1, -0.05) is 36.4 Å². The molecule has 0 aliphatic heterocycles. The Labute approximate surface area is 157 Å². The summed E-state index contributed by atoms with van der Waals surface area (Å²) in [6.07, 6.45) is -4.34. The maximum atomic E-state index is 12.8. The Kier molecular flexibility index (Phi) is 3.52. The monoisotopic (exact) mass is 378 g/mol. The van der Waals surface area contributed by atoms with Gasteiger partial charge in [-0.25, -0.2) is 4.98 Å². The van der Waals surface area contributed by atoms with Gasteiger partial charge in [0.05, 0.1) is 22.1 Å². The predicted octanol–water partition coefficient (Wildman–Crippen LogP) is 5.79. The van der Waals surface area contributed by atoms with Crippen LogP contribution in [-0.4, -0.2) is 20.2 Å². The molecular weight excluding hydrogens is 365 g/mol. The fraction of sp³-hybridized carbons (Fsp3) is 0.0476. The van der Waals surface area contributed by atoms with Crippen LogP contribution in [0.5, 0.6) is 0 Å². The van der Waals surface area contributed by atoms with Crippen molar-refractivity contribution in [3.8, 4) is 22.6 Å². The first-order chi connectivity index (χ1) is 13.5. The van der Waals surface area contributed by atoms with Gasteiger partial charge in [-0.15, -0.1) is 0 Å². The van der Waals surface area contributed by atoms with Gasteiger partial charge in [0, 0.05) is 5.39 Å². The molecule has 28 heavy (non-hydrogen) atoms. The third-order valence-corrected chi connectivity index (χ3v) is 4.73. The highest BCUT2D eigenvalue weighted by Crippen LogP contribution is 2.32. The van der Waals surface area contributed by atoms with Crippen LogP contribution in [-0.2, 0) is 6.18 Å². The van der Waals surface area contributed by atoms with E-state index >= 15 is 0 Å². The fourth-order valence-electron chi connectivity index (χ4n) is 3.30. The second-order valence-corrected chi connectivity index (χ2v) is 6.51. The van der Waals surface area contributed by atoms with E-state index in [9.17, 15) is 13.2 Å². The molecule has 0 spiro atoms. The molecule has 2 N–H and O–H groups in total. The zero-order valence-electron chi connectivity index (χ0n) is 14.4. The number of hydrogen-bond donors (Lipinski definition) is 2. The molecule has 0 aliphatic rings. The van der Waals surface area contributed by atoms with Crippen LogP contribution >= 0.6 is 0 Å². The Hall–Kier alpha value is -3.61. The van der Waals surface area contributed by atoms with Crippen molar-refractivity contribution >= 4 is 21.9 Å². The first-order valence-corrected chi connectivity index (χ1v) is 8.60. The predicted molar refractivity (Wildman–Crippen MR) is 102 cm³/mol. The van der Waals surface area contributed by atoms with Gasteiger partial charge in [-0.3, -0.25) is 5.10 Å². The summed E-state index contributed by atoms with van der Waals surface area (Å²) in [5.41, 5.74) is 4.07. The van der Waals surface area contributed by atoms with E-state index in [-0.39, 0.29) is 0 Å². The molecule has 0 atom stereocenters. The molecule has 0 saturated carbocycles.